The largest absolute Gasteiger partial charge is 0.495 e. The van der Waals surface area contributed by atoms with Gasteiger partial charge in [-0.25, -0.2) is 13.6 Å². The quantitative estimate of drug-likeness (QED) is 0.237. The Morgan fingerprint density at radius 1 is 0.750 bits per heavy atom. The summed E-state index contributed by atoms with van der Waals surface area (Å²) in [5, 5.41) is 2.82. The normalized spacial score (nSPS) is 11.0. The molecule has 2 amide bonds. The Morgan fingerprint density at radius 3 is 1.98 bits per heavy atom. The molecule has 0 spiro atoms. The zero-order valence-corrected chi connectivity index (χ0v) is 22.5. The van der Waals surface area contributed by atoms with Crippen molar-refractivity contribution in [3.05, 3.63) is 114 Å². The average Bonchev–Trinajstić information content (AvgIpc) is 2.94. The number of benzene rings is 4. The molecule has 0 saturated heterocycles. The lowest BCUT2D eigenvalue weighted by Crippen LogP contribution is -2.34. The van der Waals surface area contributed by atoms with E-state index in [1.165, 1.54) is 43.4 Å². The molecule has 4 rings (SSSR count). The fourth-order valence-corrected chi connectivity index (χ4v) is 4.76. The van der Waals surface area contributed by atoms with Gasteiger partial charge in [-0.15, -0.1) is 0 Å². The minimum Gasteiger partial charge on any atom is -0.495 e. The van der Waals surface area contributed by atoms with Crippen molar-refractivity contribution in [3.8, 4) is 17.2 Å². The maximum absolute atomic E-state index is 13.5. The summed E-state index contributed by atoms with van der Waals surface area (Å²) in [6.45, 7) is 0.132. The van der Waals surface area contributed by atoms with Crippen molar-refractivity contribution in [3.63, 3.8) is 0 Å². The van der Waals surface area contributed by atoms with Gasteiger partial charge in [0.15, 0.2) is 11.5 Å². The van der Waals surface area contributed by atoms with Gasteiger partial charge >= 0.3 is 16.1 Å². The number of rotatable bonds is 10. The van der Waals surface area contributed by atoms with E-state index in [0.717, 1.165) is 24.3 Å². The first-order valence-electron chi connectivity index (χ1n) is 12.0. The molecule has 0 saturated carbocycles. The fourth-order valence-electron chi connectivity index (χ4n) is 3.82. The first kappa shape index (κ1) is 28.4. The Labute approximate surface area is 230 Å². The van der Waals surface area contributed by atoms with Crippen LogP contribution in [0.1, 0.15) is 11.1 Å². The van der Waals surface area contributed by atoms with Crippen molar-refractivity contribution in [2.24, 2.45) is 0 Å². The molecule has 0 aliphatic carbocycles. The number of halogens is 2. The Balaban J connectivity index is 1.63. The lowest BCUT2D eigenvalue weighted by molar-refractivity contribution is 0.206. The highest BCUT2D eigenvalue weighted by molar-refractivity contribution is 7.87. The highest BCUT2D eigenvalue weighted by Crippen LogP contribution is 2.32. The Morgan fingerprint density at radius 2 is 1.32 bits per heavy atom. The smallest absolute Gasteiger partial charge is 0.339 e. The van der Waals surface area contributed by atoms with Gasteiger partial charge in [0.2, 0.25) is 0 Å². The monoisotopic (exact) mass is 568 g/mol. The third-order valence-electron chi connectivity index (χ3n) is 5.83. The maximum atomic E-state index is 13.5. The summed E-state index contributed by atoms with van der Waals surface area (Å²) < 4.78 is 68.4. The number of methoxy groups -OCH3 is 2. The second kappa shape index (κ2) is 12.5. The van der Waals surface area contributed by atoms with Crippen molar-refractivity contribution in [2.45, 2.75) is 18.0 Å². The second-order valence-electron chi connectivity index (χ2n) is 8.59. The van der Waals surface area contributed by atoms with Gasteiger partial charge in [-0.05, 0) is 71.8 Å². The summed E-state index contributed by atoms with van der Waals surface area (Å²) >= 11 is 0. The molecule has 40 heavy (non-hydrogen) atoms. The minimum atomic E-state index is -4.31. The zero-order valence-electron chi connectivity index (χ0n) is 21.6. The van der Waals surface area contributed by atoms with Crippen LogP contribution in [0, 0.1) is 11.6 Å². The summed E-state index contributed by atoms with van der Waals surface area (Å²) in [4.78, 5) is 14.6. The molecule has 0 radical (unpaired) electrons. The molecule has 0 aliphatic rings. The van der Waals surface area contributed by atoms with Crippen LogP contribution >= 0.6 is 0 Å². The lowest BCUT2D eigenvalue weighted by atomic mass is 10.1. The number of hydrogen-bond acceptors (Lipinski definition) is 6. The molecule has 11 heteroatoms. The summed E-state index contributed by atoms with van der Waals surface area (Å²) in [5.74, 6) is -0.517. The van der Waals surface area contributed by atoms with E-state index in [9.17, 15) is 22.0 Å². The van der Waals surface area contributed by atoms with E-state index in [0.29, 0.717) is 22.6 Å². The van der Waals surface area contributed by atoms with E-state index in [2.05, 4.69) is 5.32 Å². The molecular weight excluding hydrogens is 542 g/mol. The molecule has 0 atom stereocenters. The van der Waals surface area contributed by atoms with Crippen molar-refractivity contribution >= 4 is 21.8 Å². The number of anilines is 1. The maximum Gasteiger partial charge on any atom is 0.339 e. The van der Waals surface area contributed by atoms with Gasteiger partial charge in [0.05, 0.1) is 19.9 Å². The molecule has 0 heterocycles. The van der Waals surface area contributed by atoms with Gasteiger partial charge < -0.3 is 23.9 Å². The molecule has 0 fully saturated rings. The van der Waals surface area contributed by atoms with Gasteiger partial charge in [0.1, 0.15) is 22.3 Å². The lowest BCUT2D eigenvalue weighted by Gasteiger charge is -2.24. The molecule has 4 aromatic carbocycles. The molecule has 4 aromatic rings. The Kier molecular flexibility index (Phi) is 8.85. The standard InChI is InChI=1S/C29H26F2N2O6S/c1-37-26-6-4-3-5-25(26)32-29(34)33(18-20-7-10-22(30)11-8-20)19-21-9-16-27(38-2)28(17-21)39-40(35,36)24-14-12-23(31)13-15-24/h3-17H,18-19H2,1-2H3,(H,32,34). The van der Waals surface area contributed by atoms with E-state index in [4.69, 9.17) is 13.7 Å². The number of ether oxygens (including phenoxy) is 2. The molecule has 0 bridgehead atoms. The molecular formula is C29H26F2N2O6S. The number of urea groups is 1. The molecule has 0 unspecified atom stereocenters. The number of nitrogens with one attached hydrogen (secondary N) is 1. The van der Waals surface area contributed by atoms with E-state index in [1.54, 1.807) is 42.5 Å². The first-order chi connectivity index (χ1) is 19.2. The van der Waals surface area contributed by atoms with Crippen LogP contribution in [0.5, 0.6) is 17.2 Å². The molecule has 8 nitrogen and oxygen atoms in total. The van der Waals surface area contributed by atoms with Crippen LogP contribution in [0.3, 0.4) is 0 Å². The van der Waals surface area contributed by atoms with Crippen LogP contribution in [-0.4, -0.2) is 33.6 Å². The van der Waals surface area contributed by atoms with Crippen LogP contribution in [0.15, 0.2) is 95.9 Å². The molecule has 0 aromatic heterocycles. The summed E-state index contributed by atoms with van der Waals surface area (Å²) in [6.07, 6.45) is 0. The highest BCUT2D eigenvalue weighted by Gasteiger charge is 2.22. The van der Waals surface area contributed by atoms with Gasteiger partial charge in [-0.2, -0.15) is 8.42 Å². The summed E-state index contributed by atoms with van der Waals surface area (Å²) in [5.41, 5.74) is 1.63. The van der Waals surface area contributed by atoms with E-state index < -0.39 is 27.8 Å². The van der Waals surface area contributed by atoms with Crippen molar-refractivity contribution in [1.82, 2.24) is 4.90 Å². The Hall–Kier alpha value is -4.64. The minimum absolute atomic E-state index is 0.0231. The third-order valence-corrected chi connectivity index (χ3v) is 7.07. The molecule has 208 valence electrons. The van der Waals surface area contributed by atoms with Crippen LogP contribution in [0.2, 0.25) is 0 Å². The topological polar surface area (TPSA) is 94.2 Å². The first-order valence-corrected chi connectivity index (χ1v) is 13.4. The summed E-state index contributed by atoms with van der Waals surface area (Å²) in [6, 6.07) is 21.0. The van der Waals surface area contributed by atoms with Crippen LogP contribution in [-0.2, 0) is 23.2 Å². The van der Waals surface area contributed by atoms with Gasteiger partial charge in [0, 0.05) is 13.1 Å². The van der Waals surface area contributed by atoms with Crippen LogP contribution in [0.25, 0.3) is 0 Å². The van der Waals surface area contributed by atoms with Crippen LogP contribution < -0.4 is 19.0 Å². The number of amides is 2. The molecule has 1 N–H and O–H groups in total. The third kappa shape index (κ3) is 7.06. The van der Waals surface area contributed by atoms with Crippen LogP contribution in [0.4, 0.5) is 19.3 Å². The SMILES string of the molecule is COc1ccccc1NC(=O)N(Cc1ccc(F)cc1)Cc1ccc(OC)c(OS(=O)(=O)c2ccc(F)cc2)c1. The number of hydrogen-bond donors (Lipinski definition) is 1. The van der Waals surface area contributed by atoms with E-state index in [-0.39, 0.29) is 29.5 Å². The Bertz CT molecular complexity index is 1580. The van der Waals surface area contributed by atoms with Crippen molar-refractivity contribution in [1.29, 1.82) is 0 Å². The van der Waals surface area contributed by atoms with Gasteiger partial charge in [-0.3, -0.25) is 0 Å². The number of carbonyl (C=O) groups excluding carboxylic acids is 1. The van der Waals surface area contributed by atoms with Gasteiger partial charge in [0.25, 0.3) is 0 Å². The fraction of sp³-hybridized carbons (Fsp3) is 0.138. The number of carbonyl (C=O) groups is 1. The highest BCUT2D eigenvalue weighted by atomic mass is 32.2. The summed E-state index contributed by atoms with van der Waals surface area (Å²) in [7, 11) is -1.47. The van der Waals surface area contributed by atoms with Crippen molar-refractivity contribution < 1.29 is 35.6 Å². The van der Waals surface area contributed by atoms with Crippen molar-refractivity contribution in [2.75, 3.05) is 19.5 Å². The average molecular weight is 569 g/mol. The second-order valence-corrected chi connectivity index (χ2v) is 10.1. The zero-order chi connectivity index (χ0) is 28.7. The van der Waals surface area contributed by atoms with Gasteiger partial charge in [-0.1, -0.05) is 30.3 Å². The predicted molar refractivity (Wildman–Crippen MR) is 145 cm³/mol. The van der Waals surface area contributed by atoms with E-state index >= 15 is 0 Å². The number of para-hydroxylation sites is 2. The van der Waals surface area contributed by atoms with E-state index in [1.807, 2.05) is 0 Å². The predicted octanol–water partition coefficient (Wildman–Crippen LogP) is 5.98. The molecule has 0 aliphatic heterocycles. The number of nitrogens with zero attached hydrogens (tertiary/aromatic N) is 1.